The molecule has 0 fully saturated rings. The molecule has 0 aliphatic carbocycles. The predicted molar refractivity (Wildman–Crippen MR) is 102 cm³/mol. The maximum absolute atomic E-state index is 12.7. The third-order valence-corrected chi connectivity index (χ3v) is 4.23. The van der Waals surface area contributed by atoms with Crippen LogP contribution in [-0.2, 0) is 19.4 Å². The number of nitrogens with zero attached hydrogens (tertiary/aromatic N) is 2. The van der Waals surface area contributed by atoms with Gasteiger partial charge in [0.15, 0.2) is 5.82 Å². The highest BCUT2D eigenvalue weighted by atomic mass is 16.1. The van der Waals surface area contributed by atoms with Crippen molar-refractivity contribution in [1.29, 1.82) is 0 Å². The standard InChI is InChI=1S/C21H23N3O/c1-2-24-19(15-18-11-7-4-8-12-18)16-23-20(21(24)25)22-14-13-17-9-5-3-6-10-17/h3-12,16H,2,13-15H2,1H3,(H,22,23). The van der Waals surface area contributed by atoms with Gasteiger partial charge in [-0.1, -0.05) is 60.7 Å². The largest absolute Gasteiger partial charge is 0.365 e. The Kier molecular flexibility index (Phi) is 5.62. The summed E-state index contributed by atoms with van der Waals surface area (Å²) >= 11 is 0. The van der Waals surface area contributed by atoms with Crippen molar-refractivity contribution in [1.82, 2.24) is 9.55 Å². The van der Waals surface area contributed by atoms with Crippen LogP contribution >= 0.6 is 0 Å². The molecule has 1 N–H and O–H groups in total. The van der Waals surface area contributed by atoms with E-state index in [0.717, 1.165) is 12.1 Å². The molecule has 4 heteroatoms. The second-order valence-electron chi connectivity index (χ2n) is 5.97. The van der Waals surface area contributed by atoms with Crippen molar-refractivity contribution >= 4 is 5.82 Å². The van der Waals surface area contributed by atoms with E-state index in [0.29, 0.717) is 25.3 Å². The molecular weight excluding hydrogens is 310 g/mol. The van der Waals surface area contributed by atoms with Crippen LogP contribution in [0.15, 0.2) is 71.7 Å². The molecule has 0 aliphatic rings. The minimum absolute atomic E-state index is 0.0519. The third-order valence-electron chi connectivity index (χ3n) is 4.23. The zero-order valence-corrected chi connectivity index (χ0v) is 14.5. The highest BCUT2D eigenvalue weighted by Crippen LogP contribution is 2.09. The Morgan fingerprint density at radius 2 is 1.60 bits per heavy atom. The van der Waals surface area contributed by atoms with Crippen LogP contribution < -0.4 is 10.9 Å². The van der Waals surface area contributed by atoms with Crippen LogP contribution in [0, 0.1) is 0 Å². The number of rotatable bonds is 7. The Bertz CT molecular complexity index is 857. The van der Waals surface area contributed by atoms with Gasteiger partial charge in [0, 0.05) is 31.4 Å². The quantitative estimate of drug-likeness (QED) is 0.720. The summed E-state index contributed by atoms with van der Waals surface area (Å²) in [6.45, 7) is 3.31. The normalized spacial score (nSPS) is 10.6. The predicted octanol–water partition coefficient (Wildman–Crippen LogP) is 3.51. The van der Waals surface area contributed by atoms with Gasteiger partial charge >= 0.3 is 0 Å². The first-order valence-corrected chi connectivity index (χ1v) is 8.68. The lowest BCUT2D eigenvalue weighted by Crippen LogP contribution is -2.27. The van der Waals surface area contributed by atoms with E-state index >= 15 is 0 Å². The second kappa shape index (κ2) is 8.29. The lowest BCUT2D eigenvalue weighted by Gasteiger charge is -2.13. The Balaban J connectivity index is 1.72. The molecule has 1 aromatic heterocycles. The van der Waals surface area contributed by atoms with Gasteiger partial charge in [0.25, 0.3) is 5.56 Å². The Labute approximate surface area is 148 Å². The molecule has 3 rings (SSSR count). The van der Waals surface area contributed by atoms with Crippen LogP contribution in [0.1, 0.15) is 23.7 Å². The Morgan fingerprint density at radius 3 is 2.24 bits per heavy atom. The summed E-state index contributed by atoms with van der Waals surface area (Å²) < 4.78 is 1.80. The molecule has 128 valence electrons. The van der Waals surface area contributed by atoms with Gasteiger partial charge in [-0.05, 0) is 24.5 Å². The average molecular weight is 333 g/mol. The first-order valence-electron chi connectivity index (χ1n) is 8.68. The molecule has 0 bridgehead atoms. The molecule has 2 aromatic carbocycles. The van der Waals surface area contributed by atoms with E-state index in [-0.39, 0.29) is 5.56 Å². The minimum Gasteiger partial charge on any atom is -0.365 e. The van der Waals surface area contributed by atoms with Crippen molar-refractivity contribution < 1.29 is 0 Å². The van der Waals surface area contributed by atoms with Gasteiger partial charge in [-0.3, -0.25) is 4.79 Å². The maximum atomic E-state index is 12.7. The number of nitrogens with one attached hydrogen (secondary N) is 1. The first-order chi connectivity index (χ1) is 12.3. The second-order valence-corrected chi connectivity index (χ2v) is 5.97. The van der Waals surface area contributed by atoms with Crippen LogP contribution in [0.4, 0.5) is 5.82 Å². The van der Waals surface area contributed by atoms with Crippen LogP contribution in [0.2, 0.25) is 0 Å². The molecule has 0 radical (unpaired) electrons. The van der Waals surface area contributed by atoms with E-state index in [1.165, 1.54) is 11.1 Å². The molecule has 0 aliphatic heterocycles. The van der Waals surface area contributed by atoms with Crippen molar-refractivity contribution in [2.24, 2.45) is 0 Å². The molecule has 0 unspecified atom stereocenters. The molecular formula is C21H23N3O. The van der Waals surface area contributed by atoms with Crippen molar-refractivity contribution in [2.75, 3.05) is 11.9 Å². The van der Waals surface area contributed by atoms with Crippen LogP contribution in [0.25, 0.3) is 0 Å². The highest BCUT2D eigenvalue weighted by Gasteiger charge is 2.09. The number of hydrogen-bond donors (Lipinski definition) is 1. The molecule has 0 spiro atoms. The Hall–Kier alpha value is -2.88. The topological polar surface area (TPSA) is 46.9 Å². The summed E-state index contributed by atoms with van der Waals surface area (Å²) in [5, 5.41) is 3.18. The van der Waals surface area contributed by atoms with E-state index in [4.69, 9.17) is 0 Å². The first kappa shape index (κ1) is 17.0. The van der Waals surface area contributed by atoms with Gasteiger partial charge in [0.05, 0.1) is 0 Å². The van der Waals surface area contributed by atoms with Crippen molar-refractivity contribution in [3.05, 3.63) is 94.0 Å². The Morgan fingerprint density at radius 1 is 0.960 bits per heavy atom. The van der Waals surface area contributed by atoms with Crippen molar-refractivity contribution in [3.8, 4) is 0 Å². The van der Waals surface area contributed by atoms with Crippen LogP contribution in [0.5, 0.6) is 0 Å². The van der Waals surface area contributed by atoms with Gasteiger partial charge in [-0.2, -0.15) is 0 Å². The summed E-state index contributed by atoms with van der Waals surface area (Å²) in [6, 6.07) is 20.4. The molecule has 0 saturated heterocycles. The smallest absolute Gasteiger partial charge is 0.293 e. The fraction of sp³-hybridized carbons (Fsp3) is 0.238. The average Bonchev–Trinajstić information content (AvgIpc) is 2.65. The molecule has 0 atom stereocenters. The summed E-state index contributed by atoms with van der Waals surface area (Å²) in [5.74, 6) is 0.426. The number of hydrogen-bond acceptors (Lipinski definition) is 3. The number of benzene rings is 2. The molecule has 0 amide bonds. The third kappa shape index (κ3) is 4.35. The van der Waals surface area contributed by atoms with E-state index in [1.54, 1.807) is 4.57 Å². The highest BCUT2D eigenvalue weighted by molar-refractivity contribution is 5.34. The monoisotopic (exact) mass is 333 g/mol. The van der Waals surface area contributed by atoms with Crippen LogP contribution in [0.3, 0.4) is 0 Å². The van der Waals surface area contributed by atoms with Gasteiger partial charge in [0.2, 0.25) is 0 Å². The number of aromatic nitrogens is 2. The maximum Gasteiger partial charge on any atom is 0.293 e. The van der Waals surface area contributed by atoms with Crippen LogP contribution in [-0.4, -0.2) is 16.1 Å². The summed E-state index contributed by atoms with van der Waals surface area (Å²) in [5.41, 5.74) is 3.30. The molecule has 25 heavy (non-hydrogen) atoms. The fourth-order valence-corrected chi connectivity index (χ4v) is 2.91. The molecule has 4 nitrogen and oxygen atoms in total. The summed E-state index contributed by atoms with van der Waals surface area (Å²) in [4.78, 5) is 17.1. The van der Waals surface area contributed by atoms with E-state index in [2.05, 4.69) is 34.6 Å². The summed E-state index contributed by atoms with van der Waals surface area (Å²) in [6.07, 6.45) is 3.38. The van der Waals surface area contributed by atoms with Gasteiger partial charge in [0.1, 0.15) is 0 Å². The van der Waals surface area contributed by atoms with Gasteiger partial charge < -0.3 is 9.88 Å². The zero-order chi connectivity index (χ0) is 17.5. The number of anilines is 1. The SMILES string of the molecule is CCn1c(Cc2ccccc2)cnc(NCCc2ccccc2)c1=O. The van der Waals surface area contributed by atoms with Crippen molar-refractivity contribution in [2.45, 2.75) is 26.3 Å². The zero-order valence-electron chi connectivity index (χ0n) is 14.5. The summed E-state index contributed by atoms with van der Waals surface area (Å²) in [7, 11) is 0. The van der Waals surface area contributed by atoms with Gasteiger partial charge in [-0.25, -0.2) is 4.98 Å². The van der Waals surface area contributed by atoms with Gasteiger partial charge in [-0.15, -0.1) is 0 Å². The van der Waals surface area contributed by atoms with Crippen molar-refractivity contribution in [3.63, 3.8) is 0 Å². The van der Waals surface area contributed by atoms with E-state index < -0.39 is 0 Å². The van der Waals surface area contributed by atoms with E-state index in [1.807, 2.05) is 49.5 Å². The lowest BCUT2D eigenvalue weighted by atomic mass is 10.1. The lowest BCUT2D eigenvalue weighted by molar-refractivity contribution is 0.677. The molecule has 0 saturated carbocycles. The molecule has 1 heterocycles. The minimum atomic E-state index is -0.0519. The fourth-order valence-electron chi connectivity index (χ4n) is 2.91. The molecule has 3 aromatic rings. The van der Waals surface area contributed by atoms with E-state index in [9.17, 15) is 4.79 Å².